The zero-order valence-electron chi connectivity index (χ0n) is 17.0. The second kappa shape index (κ2) is 7.65. The number of benzene rings is 2. The Balaban J connectivity index is 0.00000245. The van der Waals surface area contributed by atoms with Gasteiger partial charge in [-0.2, -0.15) is 0 Å². The number of amides is 1. The van der Waals surface area contributed by atoms with Gasteiger partial charge >= 0.3 is 0 Å². The Hall–Kier alpha value is -2.91. The lowest BCUT2D eigenvalue weighted by Gasteiger charge is -2.26. The summed E-state index contributed by atoms with van der Waals surface area (Å²) in [5, 5.41) is 2.03. The molecule has 9 heteroatoms. The average Bonchev–Trinajstić information content (AvgIpc) is 3.48. The van der Waals surface area contributed by atoms with E-state index < -0.39 is 10.0 Å². The van der Waals surface area contributed by atoms with Crippen molar-refractivity contribution in [1.29, 1.82) is 0 Å². The number of hydrogen-bond acceptors (Lipinski definition) is 6. The summed E-state index contributed by atoms with van der Waals surface area (Å²) in [7, 11) is -3.71. The Kier molecular flexibility index (Phi) is 4.94. The van der Waals surface area contributed by atoms with Crippen LogP contribution in [0.15, 0.2) is 58.9 Å². The Morgan fingerprint density at radius 1 is 1.16 bits per heavy atom. The number of aromatic nitrogens is 1. The van der Waals surface area contributed by atoms with E-state index in [-0.39, 0.29) is 18.3 Å². The number of aryl methyl sites for hydroxylation is 1. The van der Waals surface area contributed by atoms with Gasteiger partial charge < -0.3 is 9.80 Å². The van der Waals surface area contributed by atoms with Crippen molar-refractivity contribution < 1.29 is 14.6 Å². The molecule has 0 unspecified atom stereocenters. The van der Waals surface area contributed by atoms with Crippen LogP contribution < -0.4 is 14.5 Å². The van der Waals surface area contributed by atoms with E-state index >= 15 is 0 Å². The minimum absolute atomic E-state index is 0. The van der Waals surface area contributed by atoms with Crippen LogP contribution in [0.5, 0.6) is 0 Å². The standard InChI is InChI=1S/C22H22N4O3S2.H2/c1-15-2-3-16-8-11-26(20(16)14-15)19-9-12-25(21(19)27)17-4-6-18(7-5-17)31(28,29)24-22-23-10-13-30-22;/h2-7,10,13-14,19H,8-9,11-12H2,1H3,(H,23,24);1H/t19-;/m0./s1. The fraction of sp³-hybridized carbons (Fsp3) is 0.273. The Morgan fingerprint density at radius 2 is 1.97 bits per heavy atom. The van der Waals surface area contributed by atoms with Gasteiger partial charge in [-0.1, -0.05) is 12.1 Å². The highest BCUT2D eigenvalue weighted by atomic mass is 32.2. The Bertz CT molecular complexity index is 1230. The lowest BCUT2D eigenvalue weighted by Crippen LogP contribution is -2.41. The van der Waals surface area contributed by atoms with Crippen molar-refractivity contribution >= 4 is 43.8 Å². The molecule has 31 heavy (non-hydrogen) atoms. The molecular weight excluding hydrogens is 432 g/mol. The van der Waals surface area contributed by atoms with Gasteiger partial charge in [0.25, 0.3) is 10.0 Å². The maximum absolute atomic E-state index is 13.2. The van der Waals surface area contributed by atoms with E-state index in [0.717, 1.165) is 25.1 Å². The predicted molar refractivity (Wildman–Crippen MR) is 124 cm³/mol. The van der Waals surface area contributed by atoms with Crippen LogP contribution in [0.1, 0.15) is 19.0 Å². The van der Waals surface area contributed by atoms with Crippen molar-refractivity contribution in [2.75, 3.05) is 27.6 Å². The molecule has 1 aromatic heterocycles. The largest absolute Gasteiger partial charge is 0.359 e. The minimum atomic E-state index is -3.71. The van der Waals surface area contributed by atoms with E-state index in [1.165, 1.54) is 34.6 Å². The Morgan fingerprint density at radius 3 is 2.71 bits per heavy atom. The second-order valence-electron chi connectivity index (χ2n) is 7.81. The first-order valence-electron chi connectivity index (χ1n) is 10.1. The molecule has 1 saturated heterocycles. The molecule has 2 aliphatic heterocycles. The average molecular weight is 457 g/mol. The number of hydrogen-bond donors (Lipinski definition) is 1. The number of carbonyl (C=O) groups excluding carboxylic acids is 1. The molecule has 7 nitrogen and oxygen atoms in total. The molecule has 3 aromatic rings. The van der Waals surface area contributed by atoms with Crippen LogP contribution in [-0.4, -0.2) is 38.4 Å². The highest BCUT2D eigenvalue weighted by molar-refractivity contribution is 7.93. The molecule has 3 heterocycles. The van der Waals surface area contributed by atoms with Crippen LogP contribution in [0.2, 0.25) is 0 Å². The van der Waals surface area contributed by atoms with Gasteiger partial charge in [0.2, 0.25) is 5.91 Å². The molecule has 0 aliphatic carbocycles. The SMILES string of the molecule is Cc1ccc2c(c1)N([C@H]1CCN(c3ccc(S(=O)(=O)Nc4nccs4)cc3)C1=O)CC2.[HH]. The topological polar surface area (TPSA) is 82.6 Å². The summed E-state index contributed by atoms with van der Waals surface area (Å²) in [5.41, 5.74) is 4.36. The van der Waals surface area contributed by atoms with Crippen LogP contribution in [0.4, 0.5) is 16.5 Å². The van der Waals surface area contributed by atoms with Crippen molar-refractivity contribution in [1.82, 2.24) is 4.98 Å². The maximum atomic E-state index is 13.2. The number of sulfonamides is 1. The molecule has 0 bridgehead atoms. The summed E-state index contributed by atoms with van der Waals surface area (Å²) < 4.78 is 27.5. The number of carbonyl (C=O) groups is 1. The van der Waals surface area contributed by atoms with Crippen LogP contribution >= 0.6 is 11.3 Å². The first kappa shape index (κ1) is 20.0. The molecule has 0 saturated carbocycles. The lowest BCUT2D eigenvalue weighted by atomic mass is 10.1. The van der Waals surface area contributed by atoms with Gasteiger partial charge in [-0.25, -0.2) is 13.4 Å². The lowest BCUT2D eigenvalue weighted by molar-refractivity contribution is -0.118. The molecule has 2 aliphatic rings. The molecule has 2 aromatic carbocycles. The number of fused-ring (bicyclic) bond motifs is 1. The van der Waals surface area contributed by atoms with Gasteiger partial charge in [0.05, 0.1) is 4.90 Å². The fourth-order valence-corrected chi connectivity index (χ4v) is 6.09. The summed E-state index contributed by atoms with van der Waals surface area (Å²) >= 11 is 1.22. The summed E-state index contributed by atoms with van der Waals surface area (Å²) in [6, 6.07) is 12.7. The van der Waals surface area contributed by atoms with Crippen molar-refractivity contribution in [3.63, 3.8) is 0 Å². The smallest absolute Gasteiger partial charge is 0.263 e. The number of nitrogens with one attached hydrogen (secondary N) is 1. The van der Waals surface area contributed by atoms with E-state index in [2.05, 4.69) is 39.7 Å². The van der Waals surface area contributed by atoms with E-state index in [9.17, 15) is 13.2 Å². The molecule has 5 rings (SSSR count). The maximum Gasteiger partial charge on any atom is 0.263 e. The monoisotopic (exact) mass is 456 g/mol. The predicted octanol–water partition coefficient (Wildman–Crippen LogP) is 3.67. The van der Waals surface area contributed by atoms with E-state index in [1.54, 1.807) is 28.6 Å². The number of nitrogens with zero attached hydrogens (tertiary/aromatic N) is 3. The van der Waals surface area contributed by atoms with Gasteiger partial charge in [-0.3, -0.25) is 9.52 Å². The van der Waals surface area contributed by atoms with Crippen molar-refractivity contribution in [2.45, 2.75) is 30.7 Å². The van der Waals surface area contributed by atoms with E-state index in [4.69, 9.17) is 0 Å². The highest BCUT2D eigenvalue weighted by Crippen LogP contribution is 2.35. The Labute approximate surface area is 186 Å². The number of thiazole rings is 1. The number of anilines is 3. The van der Waals surface area contributed by atoms with E-state index in [0.29, 0.717) is 17.4 Å². The first-order valence-corrected chi connectivity index (χ1v) is 12.5. The van der Waals surface area contributed by atoms with Crippen LogP contribution in [0, 0.1) is 6.92 Å². The van der Waals surface area contributed by atoms with Crippen molar-refractivity contribution in [3.05, 3.63) is 65.2 Å². The quantitative estimate of drug-likeness (QED) is 0.634. The van der Waals surface area contributed by atoms with E-state index in [1.807, 2.05) is 0 Å². The third kappa shape index (κ3) is 3.68. The molecule has 1 atom stereocenters. The molecule has 1 amide bonds. The normalized spacial score (nSPS) is 18.5. The summed E-state index contributed by atoms with van der Waals surface area (Å²) in [6.07, 6.45) is 3.25. The molecular formula is C22H24N4O3S2. The van der Waals surface area contributed by atoms with Gasteiger partial charge in [0, 0.05) is 37.5 Å². The third-order valence-corrected chi connectivity index (χ3v) is 8.01. The first-order chi connectivity index (χ1) is 14.9. The second-order valence-corrected chi connectivity index (χ2v) is 10.4. The summed E-state index contributed by atoms with van der Waals surface area (Å²) in [6.45, 7) is 3.53. The highest BCUT2D eigenvalue weighted by Gasteiger charge is 2.39. The fourth-order valence-electron chi connectivity index (χ4n) is 4.30. The van der Waals surface area contributed by atoms with Crippen molar-refractivity contribution in [2.24, 2.45) is 0 Å². The van der Waals surface area contributed by atoms with Crippen LogP contribution in [0.25, 0.3) is 0 Å². The molecule has 0 spiro atoms. The third-order valence-electron chi connectivity index (χ3n) is 5.84. The van der Waals surface area contributed by atoms with Crippen molar-refractivity contribution in [3.8, 4) is 0 Å². The van der Waals surface area contributed by atoms with Gasteiger partial charge in [0.15, 0.2) is 5.13 Å². The summed E-state index contributed by atoms with van der Waals surface area (Å²) in [4.78, 5) is 21.3. The molecule has 1 fully saturated rings. The van der Waals surface area contributed by atoms with Crippen LogP contribution in [-0.2, 0) is 21.2 Å². The zero-order chi connectivity index (χ0) is 21.6. The minimum Gasteiger partial charge on any atom is -0.359 e. The molecule has 162 valence electrons. The van der Waals surface area contributed by atoms with Gasteiger partial charge in [0.1, 0.15) is 6.04 Å². The van der Waals surface area contributed by atoms with Gasteiger partial charge in [-0.15, -0.1) is 11.3 Å². The van der Waals surface area contributed by atoms with Gasteiger partial charge in [-0.05, 0) is 61.2 Å². The zero-order valence-corrected chi connectivity index (χ0v) is 18.6. The molecule has 0 radical (unpaired) electrons. The van der Waals surface area contributed by atoms with Crippen LogP contribution in [0.3, 0.4) is 0 Å². The summed E-state index contributed by atoms with van der Waals surface area (Å²) in [5.74, 6) is 0.0610. The molecule has 1 N–H and O–H groups in total. The number of rotatable bonds is 5.